The molecule has 0 atom stereocenters. The van der Waals surface area contributed by atoms with Crippen LogP contribution in [-0.2, 0) is 11.2 Å². The van der Waals surface area contributed by atoms with Gasteiger partial charge in [0, 0.05) is 16.1 Å². The second-order valence-electron chi connectivity index (χ2n) is 6.40. The third-order valence-electron chi connectivity index (χ3n) is 4.76. The predicted octanol–water partition coefficient (Wildman–Crippen LogP) is 5.38. The Morgan fingerprint density at radius 1 is 0.917 bits per heavy atom. The standard InChI is InChI=1S/C20H21Cl2NO/c21-18-7-4-8-19(22)17(18)13-20(24)23-16-11-9-15(10-12-16)14-5-2-1-3-6-14/h1-8,15-16H,9-13H2,(H,23,24). The van der Waals surface area contributed by atoms with E-state index in [0.29, 0.717) is 21.5 Å². The molecular weight excluding hydrogens is 341 g/mol. The summed E-state index contributed by atoms with van der Waals surface area (Å²) >= 11 is 12.3. The van der Waals surface area contributed by atoms with Gasteiger partial charge in [0.05, 0.1) is 6.42 Å². The van der Waals surface area contributed by atoms with Gasteiger partial charge in [-0.3, -0.25) is 4.79 Å². The molecule has 24 heavy (non-hydrogen) atoms. The van der Waals surface area contributed by atoms with Crippen molar-refractivity contribution in [3.63, 3.8) is 0 Å². The van der Waals surface area contributed by atoms with Gasteiger partial charge in [0.1, 0.15) is 0 Å². The molecule has 126 valence electrons. The van der Waals surface area contributed by atoms with Crippen LogP contribution in [0, 0.1) is 0 Å². The minimum atomic E-state index is -0.00633. The summed E-state index contributed by atoms with van der Waals surface area (Å²) < 4.78 is 0. The third-order valence-corrected chi connectivity index (χ3v) is 5.47. The first-order valence-corrected chi connectivity index (χ1v) is 9.16. The van der Waals surface area contributed by atoms with Gasteiger partial charge in [0.25, 0.3) is 0 Å². The van der Waals surface area contributed by atoms with Crippen molar-refractivity contribution in [1.29, 1.82) is 0 Å². The minimum Gasteiger partial charge on any atom is -0.353 e. The van der Waals surface area contributed by atoms with Gasteiger partial charge < -0.3 is 5.32 Å². The summed E-state index contributed by atoms with van der Waals surface area (Å²) in [6.45, 7) is 0. The average Bonchev–Trinajstić information content (AvgIpc) is 2.60. The Hall–Kier alpha value is -1.51. The molecule has 4 heteroatoms. The molecule has 0 unspecified atom stereocenters. The molecular formula is C20H21Cl2NO. The molecule has 0 aromatic heterocycles. The van der Waals surface area contributed by atoms with E-state index in [2.05, 4.69) is 35.6 Å². The Bertz CT molecular complexity index is 674. The van der Waals surface area contributed by atoms with E-state index in [1.165, 1.54) is 5.56 Å². The topological polar surface area (TPSA) is 29.1 Å². The molecule has 0 bridgehead atoms. The molecule has 1 amide bonds. The fourth-order valence-corrected chi connectivity index (χ4v) is 3.97. The van der Waals surface area contributed by atoms with Crippen molar-refractivity contribution in [2.75, 3.05) is 0 Å². The van der Waals surface area contributed by atoms with Crippen LogP contribution < -0.4 is 5.32 Å². The van der Waals surface area contributed by atoms with E-state index in [1.807, 2.05) is 0 Å². The maximum Gasteiger partial charge on any atom is 0.224 e. The molecule has 1 saturated carbocycles. The minimum absolute atomic E-state index is 0.00633. The zero-order valence-corrected chi connectivity index (χ0v) is 15.0. The van der Waals surface area contributed by atoms with Crippen LogP contribution in [0.1, 0.15) is 42.7 Å². The molecule has 0 saturated heterocycles. The third kappa shape index (κ3) is 4.31. The highest BCUT2D eigenvalue weighted by atomic mass is 35.5. The maximum absolute atomic E-state index is 12.3. The Labute approximate surface area is 153 Å². The largest absolute Gasteiger partial charge is 0.353 e. The zero-order chi connectivity index (χ0) is 16.9. The number of halogens is 2. The van der Waals surface area contributed by atoms with Crippen molar-refractivity contribution in [3.8, 4) is 0 Å². The zero-order valence-electron chi connectivity index (χ0n) is 13.5. The van der Waals surface area contributed by atoms with Crippen molar-refractivity contribution < 1.29 is 4.79 Å². The Morgan fingerprint density at radius 2 is 1.54 bits per heavy atom. The summed E-state index contributed by atoms with van der Waals surface area (Å²) in [5, 5.41) is 4.23. The molecule has 1 aliphatic carbocycles. The lowest BCUT2D eigenvalue weighted by Crippen LogP contribution is -2.38. The summed E-state index contributed by atoms with van der Waals surface area (Å²) in [6.07, 6.45) is 4.49. The summed E-state index contributed by atoms with van der Waals surface area (Å²) in [6, 6.07) is 16.2. The van der Waals surface area contributed by atoms with Crippen molar-refractivity contribution in [1.82, 2.24) is 5.32 Å². The number of carbonyl (C=O) groups is 1. The monoisotopic (exact) mass is 361 g/mol. The fourth-order valence-electron chi connectivity index (χ4n) is 3.44. The lowest BCUT2D eigenvalue weighted by molar-refractivity contribution is -0.121. The van der Waals surface area contributed by atoms with E-state index in [9.17, 15) is 4.79 Å². The second-order valence-corrected chi connectivity index (χ2v) is 7.22. The quantitative estimate of drug-likeness (QED) is 0.778. The van der Waals surface area contributed by atoms with Gasteiger partial charge >= 0.3 is 0 Å². The summed E-state index contributed by atoms with van der Waals surface area (Å²) in [5.41, 5.74) is 2.11. The van der Waals surface area contributed by atoms with Crippen molar-refractivity contribution in [2.24, 2.45) is 0 Å². The molecule has 0 aliphatic heterocycles. The number of nitrogens with one attached hydrogen (secondary N) is 1. The first-order valence-electron chi connectivity index (χ1n) is 8.40. The van der Waals surface area contributed by atoms with Gasteiger partial charge in [0.2, 0.25) is 5.91 Å². The highest BCUT2D eigenvalue weighted by Crippen LogP contribution is 2.33. The summed E-state index contributed by atoms with van der Waals surface area (Å²) in [7, 11) is 0. The van der Waals surface area contributed by atoms with Gasteiger partial charge in [-0.2, -0.15) is 0 Å². The molecule has 3 rings (SSSR count). The van der Waals surface area contributed by atoms with Crippen molar-refractivity contribution in [2.45, 2.75) is 44.1 Å². The molecule has 0 radical (unpaired) electrons. The van der Waals surface area contributed by atoms with E-state index in [1.54, 1.807) is 18.2 Å². The number of hydrogen-bond acceptors (Lipinski definition) is 1. The van der Waals surface area contributed by atoms with Gasteiger partial charge in [-0.05, 0) is 54.9 Å². The number of rotatable bonds is 4. The van der Waals surface area contributed by atoms with Crippen LogP contribution in [-0.4, -0.2) is 11.9 Å². The lowest BCUT2D eigenvalue weighted by Gasteiger charge is -2.29. The number of hydrogen-bond donors (Lipinski definition) is 1. The van der Waals surface area contributed by atoms with Gasteiger partial charge in [-0.1, -0.05) is 59.6 Å². The number of amides is 1. The van der Waals surface area contributed by atoms with Crippen LogP contribution in [0.2, 0.25) is 10.0 Å². The van der Waals surface area contributed by atoms with Crippen LogP contribution in [0.25, 0.3) is 0 Å². The molecule has 2 aromatic rings. The predicted molar refractivity (Wildman–Crippen MR) is 99.7 cm³/mol. The van der Waals surface area contributed by atoms with E-state index in [0.717, 1.165) is 25.7 Å². The van der Waals surface area contributed by atoms with E-state index in [-0.39, 0.29) is 18.4 Å². The summed E-state index contributed by atoms with van der Waals surface area (Å²) in [5.74, 6) is 0.602. The van der Waals surface area contributed by atoms with E-state index >= 15 is 0 Å². The fraction of sp³-hybridized carbons (Fsp3) is 0.350. The molecule has 2 nitrogen and oxygen atoms in total. The Kier molecular flexibility index (Phi) is 5.80. The number of carbonyl (C=O) groups excluding carboxylic acids is 1. The smallest absolute Gasteiger partial charge is 0.224 e. The highest BCUT2D eigenvalue weighted by molar-refractivity contribution is 6.36. The SMILES string of the molecule is O=C(Cc1c(Cl)cccc1Cl)NC1CCC(c2ccccc2)CC1. The van der Waals surface area contributed by atoms with Crippen molar-refractivity contribution >= 4 is 29.1 Å². The van der Waals surface area contributed by atoms with Gasteiger partial charge in [-0.15, -0.1) is 0 Å². The second kappa shape index (κ2) is 8.04. The molecule has 1 N–H and O–H groups in total. The van der Waals surface area contributed by atoms with Crippen LogP contribution in [0.4, 0.5) is 0 Å². The van der Waals surface area contributed by atoms with Crippen LogP contribution in [0.3, 0.4) is 0 Å². The molecule has 0 spiro atoms. The molecule has 1 fully saturated rings. The molecule has 0 heterocycles. The van der Waals surface area contributed by atoms with E-state index < -0.39 is 0 Å². The maximum atomic E-state index is 12.3. The van der Waals surface area contributed by atoms with Crippen LogP contribution >= 0.6 is 23.2 Å². The first-order chi connectivity index (χ1) is 11.6. The Balaban J connectivity index is 1.52. The normalized spacial score (nSPS) is 20.6. The Morgan fingerprint density at radius 3 is 2.17 bits per heavy atom. The molecule has 2 aromatic carbocycles. The molecule has 1 aliphatic rings. The van der Waals surface area contributed by atoms with Gasteiger partial charge in [0.15, 0.2) is 0 Å². The van der Waals surface area contributed by atoms with Crippen LogP contribution in [0.15, 0.2) is 48.5 Å². The number of benzene rings is 2. The van der Waals surface area contributed by atoms with E-state index in [4.69, 9.17) is 23.2 Å². The lowest BCUT2D eigenvalue weighted by atomic mass is 9.82. The van der Waals surface area contributed by atoms with Crippen LogP contribution in [0.5, 0.6) is 0 Å². The average molecular weight is 362 g/mol. The first kappa shape index (κ1) is 17.3. The van der Waals surface area contributed by atoms with Crippen molar-refractivity contribution in [3.05, 3.63) is 69.7 Å². The highest BCUT2D eigenvalue weighted by Gasteiger charge is 2.23. The summed E-state index contributed by atoms with van der Waals surface area (Å²) in [4.78, 5) is 12.3. The van der Waals surface area contributed by atoms with Gasteiger partial charge in [-0.25, -0.2) is 0 Å².